The van der Waals surface area contributed by atoms with Crippen LogP contribution in [0.5, 0.6) is 0 Å². The van der Waals surface area contributed by atoms with Crippen LogP contribution in [0.2, 0.25) is 0 Å². The molecule has 0 unspecified atom stereocenters. The molecule has 1 aliphatic rings. The predicted molar refractivity (Wildman–Crippen MR) is 95.8 cm³/mol. The number of amides is 1. The van der Waals surface area contributed by atoms with Crippen LogP contribution in [0.15, 0.2) is 18.5 Å². The average Bonchev–Trinajstić information content (AvgIpc) is 3.13. The minimum atomic E-state index is 0.0552. The number of nitrogens with zero attached hydrogens (tertiary/aromatic N) is 5. The zero-order valence-electron chi connectivity index (χ0n) is 15.2. The summed E-state index contributed by atoms with van der Waals surface area (Å²) in [7, 11) is 1.88. The molecule has 7 nitrogen and oxygen atoms in total. The van der Waals surface area contributed by atoms with Crippen LogP contribution in [0.3, 0.4) is 0 Å². The lowest BCUT2D eigenvalue weighted by molar-refractivity contribution is -0.121. The maximum Gasteiger partial charge on any atom is 0.220 e. The molecule has 1 N–H and O–H groups in total. The Labute approximate surface area is 149 Å². The van der Waals surface area contributed by atoms with Crippen molar-refractivity contribution in [2.75, 3.05) is 13.1 Å². The van der Waals surface area contributed by atoms with Gasteiger partial charge in [0.15, 0.2) is 0 Å². The SMILES string of the molecule is CCCN1CCCn2nc(CNC(=O)CCc3cnn(C)c3)cc2C1. The largest absolute Gasteiger partial charge is 0.350 e. The Kier molecular flexibility index (Phi) is 5.86. The molecule has 0 radical (unpaired) electrons. The molecule has 3 heterocycles. The number of rotatable bonds is 7. The van der Waals surface area contributed by atoms with Crippen LogP contribution in [-0.4, -0.2) is 43.5 Å². The summed E-state index contributed by atoms with van der Waals surface area (Å²) in [6, 6.07) is 2.13. The number of aromatic nitrogens is 4. The first-order valence-corrected chi connectivity index (χ1v) is 9.16. The topological polar surface area (TPSA) is 68.0 Å². The van der Waals surface area contributed by atoms with E-state index in [2.05, 4.69) is 38.1 Å². The maximum atomic E-state index is 12.1. The van der Waals surface area contributed by atoms with Gasteiger partial charge in [-0.1, -0.05) is 6.92 Å². The third-order valence-electron chi connectivity index (χ3n) is 4.55. The summed E-state index contributed by atoms with van der Waals surface area (Å²) in [6.45, 7) is 6.90. The Morgan fingerprint density at radius 1 is 1.36 bits per heavy atom. The van der Waals surface area contributed by atoms with Gasteiger partial charge in [-0.25, -0.2) is 0 Å². The van der Waals surface area contributed by atoms with Crippen molar-refractivity contribution < 1.29 is 4.79 Å². The summed E-state index contributed by atoms with van der Waals surface area (Å²) in [4.78, 5) is 14.5. The van der Waals surface area contributed by atoms with Crippen LogP contribution >= 0.6 is 0 Å². The minimum absolute atomic E-state index is 0.0552. The van der Waals surface area contributed by atoms with E-state index in [1.54, 1.807) is 4.68 Å². The van der Waals surface area contributed by atoms with E-state index in [0.717, 1.165) is 43.9 Å². The second kappa shape index (κ2) is 8.29. The molecule has 0 aliphatic carbocycles. The molecule has 0 saturated heterocycles. The van der Waals surface area contributed by atoms with Crippen molar-refractivity contribution in [2.24, 2.45) is 7.05 Å². The average molecular weight is 344 g/mol. The number of fused-ring (bicyclic) bond motifs is 1. The van der Waals surface area contributed by atoms with Crippen LogP contribution in [-0.2, 0) is 37.9 Å². The monoisotopic (exact) mass is 344 g/mol. The van der Waals surface area contributed by atoms with Crippen molar-refractivity contribution in [3.05, 3.63) is 35.4 Å². The van der Waals surface area contributed by atoms with E-state index >= 15 is 0 Å². The lowest BCUT2D eigenvalue weighted by atomic mass is 10.2. The molecule has 0 aromatic carbocycles. The molecular weight excluding hydrogens is 316 g/mol. The molecule has 0 saturated carbocycles. The van der Waals surface area contributed by atoms with Gasteiger partial charge in [-0.3, -0.25) is 19.1 Å². The van der Waals surface area contributed by atoms with Crippen molar-refractivity contribution in [3.63, 3.8) is 0 Å². The summed E-state index contributed by atoms with van der Waals surface area (Å²) in [6.07, 6.45) is 7.25. The Bertz CT molecular complexity index is 704. The van der Waals surface area contributed by atoms with E-state index in [1.807, 2.05) is 19.4 Å². The van der Waals surface area contributed by atoms with Gasteiger partial charge in [0, 0.05) is 39.3 Å². The van der Waals surface area contributed by atoms with Gasteiger partial charge in [-0.2, -0.15) is 10.2 Å². The van der Waals surface area contributed by atoms with E-state index in [9.17, 15) is 4.79 Å². The van der Waals surface area contributed by atoms with Crippen LogP contribution in [0, 0.1) is 0 Å². The highest BCUT2D eigenvalue weighted by molar-refractivity contribution is 5.76. The highest BCUT2D eigenvalue weighted by Gasteiger charge is 2.16. The number of aryl methyl sites for hydroxylation is 3. The second-order valence-corrected chi connectivity index (χ2v) is 6.78. The molecule has 0 fully saturated rings. The molecule has 3 rings (SSSR count). The third kappa shape index (κ3) is 4.92. The van der Waals surface area contributed by atoms with Crippen molar-refractivity contribution >= 4 is 5.91 Å². The van der Waals surface area contributed by atoms with Crippen LogP contribution in [0.1, 0.15) is 43.1 Å². The number of hydrogen-bond acceptors (Lipinski definition) is 4. The maximum absolute atomic E-state index is 12.1. The van der Waals surface area contributed by atoms with Gasteiger partial charge in [-0.15, -0.1) is 0 Å². The van der Waals surface area contributed by atoms with Crippen molar-refractivity contribution in [3.8, 4) is 0 Å². The molecule has 0 bridgehead atoms. The Morgan fingerprint density at radius 2 is 2.24 bits per heavy atom. The van der Waals surface area contributed by atoms with Gasteiger partial charge >= 0.3 is 0 Å². The quantitative estimate of drug-likeness (QED) is 0.826. The fourth-order valence-electron chi connectivity index (χ4n) is 3.32. The van der Waals surface area contributed by atoms with Gasteiger partial charge in [0.1, 0.15) is 0 Å². The van der Waals surface area contributed by atoms with E-state index in [-0.39, 0.29) is 5.91 Å². The molecule has 2 aromatic rings. The van der Waals surface area contributed by atoms with Gasteiger partial charge < -0.3 is 5.32 Å². The zero-order chi connectivity index (χ0) is 17.6. The second-order valence-electron chi connectivity index (χ2n) is 6.78. The summed E-state index contributed by atoms with van der Waals surface area (Å²) < 4.78 is 3.86. The van der Waals surface area contributed by atoms with Gasteiger partial charge in [-0.05, 0) is 37.4 Å². The summed E-state index contributed by atoms with van der Waals surface area (Å²) in [5, 5.41) is 11.8. The standard InChI is InChI=1S/C18H28N6O/c1-3-7-23-8-4-9-24-17(14-23)10-16(21-24)12-19-18(25)6-5-15-11-20-22(2)13-15/h10-11,13H,3-9,12,14H2,1-2H3,(H,19,25). The lowest BCUT2D eigenvalue weighted by Gasteiger charge is -2.17. The molecule has 7 heteroatoms. The minimum Gasteiger partial charge on any atom is -0.350 e. The number of nitrogens with one attached hydrogen (secondary N) is 1. The molecule has 136 valence electrons. The van der Waals surface area contributed by atoms with Crippen molar-refractivity contribution in [1.82, 2.24) is 29.8 Å². The first-order chi connectivity index (χ1) is 12.1. The molecule has 0 atom stereocenters. The molecule has 0 spiro atoms. The summed E-state index contributed by atoms with van der Waals surface area (Å²) >= 11 is 0. The highest BCUT2D eigenvalue weighted by atomic mass is 16.1. The van der Waals surface area contributed by atoms with E-state index in [4.69, 9.17) is 0 Å². The van der Waals surface area contributed by atoms with E-state index in [1.165, 1.54) is 12.1 Å². The van der Waals surface area contributed by atoms with Crippen LogP contribution in [0.25, 0.3) is 0 Å². The summed E-state index contributed by atoms with van der Waals surface area (Å²) in [5.41, 5.74) is 3.29. The van der Waals surface area contributed by atoms with Crippen LogP contribution < -0.4 is 5.32 Å². The number of hydrogen-bond donors (Lipinski definition) is 1. The Balaban J connectivity index is 1.48. The normalized spacial score (nSPS) is 15.0. The smallest absolute Gasteiger partial charge is 0.220 e. The Morgan fingerprint density at radius 3 is 3.00 bits per heavy atom. The predicted octanol–water partition coefficient (Wildman–Crippen LogP) is 1.48. The fraction of sp³-hybridized carbons (Fsp3) is 0.611. The van der Waals surface area contributed by atoms with Gasteiger partial charge in [0.2, 0.25) is 5.91 Å². The molecule has 1 aliphatic heterocycles. The van der Waals surface area contributed by atoms with Crippen LogP contribution in [0.4, 0.5) is 0 Å². The first-order valence-electron chi connectivity index (χ1n) is 9.16. The number of carbonyl (C=O) groups excluding carboxylic acids is 1. The molecule has 1 amide bonds. The van der Waals surface area contributed by atoms with Crippen molar-refractivity contribution in [2.45, 2.75) is 52.2 Å². The lowest BCUT2D eigenvalue weighted by Crippen LogP contribution is -2.24. The third-order valence-corrected chi connectivity index (χ3v) is 4.55. The van der Waals surface area contributed by atoms with E-state index < -0.39 is 0 Å². The Hall–Kier alpha value is -2.15. The molecule has 25 heavy (non-hydrogen) atoms. The zero-order valence-corrected chi connectivity index (χ0v) is 15.2. The number of carbonyl (C=O) groups is 1. The molecular formula is C18H28N6O. The van der Waals surface area contributed by atoms with Crippen molar-refractivity contribution in [1.29, 1.82) is 0 Å². The fourth-order valence-corrected chi connectivity index (χ4v) is 3.32. The first kappa shape index (κ1) is 17.7. The van der Waals surface area contributed by atoms with Gasteiger partial charge in [0.05, 0.1) is 24.1 Å². The van der Waals surface area contributed by atoms with Gasteiger partial charge in [0.25, 0.3) is 0 Å². The molecule has 2 aromatic heterocycles. The van der Waals surface area contributed by atoms with E-state index in [0.29, 0.717) is 19.4 Å². The highest BCUT2D eigenvalue weighted by Crippen LogP contribution is 2.14. The summed E-state index contributed by atoms with van der Waals surface area (Å²) in [5.74, 6) is 0.0552.